The van der Waals surface area contributed by atoms with Gasteiger partial charge in [-0.05, 0) is 12.1 Å². The van der Waals surface area contributed by atoms with Crippen molar-refractivity contribution < 1.29 is 4.74 Å². The minimum absolute atomic E-state index is 0.477. The van der Waals surface area contributed by atoms with E-state index in [1.165, 1.54) is 0 Å². The lowest BCUT2D eigenvalue weighted by atomic mass is 10.3. The molecule has 0 N–H and O–H groups in total. The van der Waals surface area contributed by atoms with Crippen LogP contribution in [0.4, 0.5) is 0 Å². The minimum Gasteiger partial charge on any atom is -0.364 e. The van der Waals surface area contributed by atoms with Gasteiger partial charge in [-0.25, -0.2) is 4.98 Å². The van der Waals surface area contributed by atoms with Crippen molar-refractivity contribution in [3.8, 4) is 10.6 Å². The van der Waals surface area contributed by atoms with E-state index in [0.717, 1.165) is 25.8 Å². The lowest BCUT2D eigenvalue weighted by Crippen LogP contribution is -1.99. The Bertz CT molecular complexity index is 692. The van der Waals surface area contributed by atoms with E-state index in [0.29, 0.717) is 6.73 Å². The zero-order valence-corrected chi connectivity index (χ0v) is 11.2. The molecule has 0 bridgehead atoms. The van der Waals surface area contributed by atoms with E-state index in [2.05, 4.69) is 9.97 Å². The maximum Gasteiger partial charge on any atom is 0.124 e. The van der Waals surface area contributed by atoms with Gasteiger partial charge in [0.25, 0.3) is 0 Å². The molecule has 4 nitrogen and oxygen atoms in total. The van der Waals surface area contributed by atoms with Crippen molar-refractivity contribution >= 4 is 33.2 Å². The molecule has 92 valence electrons. The quantitative estimate of drug-likeness (QED) is 0.737. The van der Waals surface area contributed by atoms with E-state index >= 15 is 0 Å². The fraction of sp³-hybridized carbons (Fsp3) is 0.167. The number of ether oxygens (including phenoxy) is 1. The Hall–Kier alpha value is -1.43. The van der Waals surface area contributed by atoms with Crippen molar-refractivity contribution in [3.05, 3.63) is 35.9 Å². The third kappa shape index (κ3) is 1.90. The second-order valence-electron chi connectivity index (χ2n) is 3.78. The molecular weight excluding hydrogens is 270 g/mol. The number of hydrogen-bond donors (Lipinski definition) is 0. The largest absolute Gasteiger partial charge is 0.364 e. The van der Waals surface area contributed by atoms with Crippen LogP contribution in [0.5, 0.6) is 0 Å². The highest BCUT2D eigenvalue weighted by atomic mass is 35.5. The molecule has 0 fully saturated rings. The van der Waals surface area contributed by atoms with Gasteiger partial charge in [-0.1, -0.05) is 11.6 Å². The molecule has 3 rings (SSSR count). The number of thiophene rings is 1. The molecule has 0 saturated heterocycles. The Kier molecular flexibility index (Phi) is 3.03. The van der Waals surface area contributed by atoms with Gasteiger partial charge in [0.05, 0.1) is 38.3 Å². The number of pyridine rings is 1. The number of fused-ring (bicyclic) bond motifs is 1. The Morgan fingerprint density at radius 1 is 1.50 bits per heavy atom. The molecule has 0 unspecified atom stereocenters. The predicted molar refractivity (Wildman–Crippen MR) is 72.9 cm³/mol. The van der Waals surface area contributed by atoms with Crippen molar-refractivity contribution in [1.29, 1.82) is 0 Å². The number of halogens is 1. The van der Waals surface area contributed by atoms with Gasteiger partial charge in [0.2, 0.25) is 0 Å². The highest BCUT2D eigenvalue weighted by molar-refractivity contribution is 7.22. The first-order valence-corrected chi connectivity index (χ1v) is 6.52. The molecule has 3 aromatic heterocycles. The van der Waals surface area contributed by atoms with Crippen molar-refractivity contribution in [2.75, 3.05) is 7.11 Å². The summed E-state index contributed by atoms with van der Waals surface area (Å²) in [5.74, 6) is 0. The summed E-state index contributed by atoms with van der Waals surface area (Å²) in [5, 5.41) is 0.731. The summed E-state index contributed by atoms with van der Waals surface area (Å²) < 4.78 is 8.07. The summed E-state index contributed by atoms with van der Waals surface area (Å²) in [6.07, 6.45) is 5.28. The monoisotopic (exact) mass is 279 g/mol. The standard InChI is InChI=1S/C12H10ClN3OS/c1-17-7-16-6-14-5-10(16)11-4-9-12(18-11)8(13)2-3-15-9/h2-6H,7H2,1H3. The van der Waals surface area contributed by atoms with Gasteiger partial charge in [-0.2, -0.15) is 0 Å². The first kappa shape index (κ1) is 11.6. The van der Waals surface area contributed by atoms with E-state index in [1.807, 2.05) is 16.8 Å². The van der Waals surface area contributed by atoms with E-state index in [9.17, 15) is 0 Å². The SMILES string of the molecule is COCn1cncc1-c1cc2nccc(Cl)c2s1. The Balaban J connectivity index is 2.14. The number of imidazole rings is 1. The number of rotatable bonds is 3. The molecule has 0 aliphatic rings. The van der Waals surface area contributed by atoms with Gasteiger partial charge in [0.1, 0.15) is 6.73 Å². The Morgan fingerprint density at radius 3 is 3.17 bits per heavy atom. The molecule has 0 aliphatic carbocycles. The summed E-state index contributed by atoms with van der Waals surface area (Å²) in [6, 6.07) is 3.83. The smallest absolute Gasteiger partial charge is 0.124 e. The van der Waals surface area contributed by atoms with E-state index < -0.39 is 0 Å². The average molecular weight is 280 g/mol. The van der Waals surface area contributed by atoms with Gasteiger partial charge >= 0.3 is 0 Å². The summed E-state index contributed by atoms with van der Waals surface area (Å²) >= 11 is 7.77. The molecule has 6 heteroatoms. The van der Waals surface area contributed by atoms with Crippen LogP contribution in [0.25, 0.3) is 20.8 Å². The van der Waals surface area contributed by atoms with Crippen molar-refractivity contribution in [3.63, 3.8) is 0 Å². The number of nitrogens with zero attached hydrogens (tertiary/aromatic N) is 3. The van der Waals surface area contributed by atoms with Crippen molar-refractivity contribution in [2.45, 2.75) is 6.73 Å². The molecule has 3 heterocycles. The van der Waals surface area contributed by atoms with E-state index in [4.69, 9.17) is 16.3 Å². The highest BCUT2D eigenvalue weighted by Crippen LogP contribution is 2.35. The molecule has 0 amide bonds. The summed E-state index contributed by atoms with van der Waals surface area (Å²) in [7, 11) is 1.66. The van der Waals surface area contributed by atoms with Gasteiger partial charge in [-0.15, -0.1) is 11.3 Å². The number of methoxy groups -OCH3 is 1. The fourth-order valence-electron chi connectivity index (χ4n) is 1.80. The first-order valence-electron chi connectivity index (χ1n) is 5.33. The topological polar surface area (TPSA) is 39.9 Å². The Morgan fingerprint density at radius 2 is 2.39 bits per heavy atom. The molecule has 0 aromatic carbocycles. The molecule has 0 aliphatic heterocycles. The lowest BCUT2D eigenvalue weighted by molar-refractivity contribution is 0.132. The predicted octanol–water partition coefficient (Wildman–Crippen LogP) is 3.42. The van der Waals surface area contributed by atoms with Crippen LogP contribution in [-0.2, 0) is 11.5 Å². The van der Waals surface area contributed by atoms with Crippen LogP contribution in [0.1, 0.15) is 0 Å². The maximum absolute atomic E-state index is 6.16. The van der Waals surface area contributed by atoms with Crippen LogP contribution < -0.4 is 0 Å². The number of aromatic nitrogens is 3. The zero-order valence-electron chi connectivity index (χ0n) is 9.63. The van der Waals surface area contributed by atoms with Crippen LogP contribution in [0.15, 0.2) is 30.9 Å². The number of hydrogen-bond acceptors (Lipinski definition) is 4. The molecule has 0 atom stereocenters. The van der Waals surface area contributed by atoms with E-state index in [1.54, 1.807) is 37.0 Å². The van der Waals surface area contributed by atoms with Gasteiger partial charge < -0.3 is 9.30 Å². The second kappa shape index (κ2) is 4.68. The first-order chi connectivity index (χ1) is 8.79. The zero-order chi connectivity index (χ0) is 12.5. The molecular formula is C12H10ClN3OS. The summed E-state index contributed by atoms with van der Waals surface area (Å²) in [5.41, 5.74) is 1.92. The highest BCUT2D eigenvalue weighted by Gasteiger charge is 2.11. The summed E-state index contributed by atoms with van der Waals surface area (Å²) in [4.78, 5) is 9.54. The second-order valence-corrected chi connectivity index (χ2v) is 5.24. The van der Waals surface area contributed by atoms with Crippen LogP contribution in [0.2, 0.25) is 5.02 Å². The van der Waals surface area contributed by atoms with Crippen molar-refractivity contribution in [2.24, 2.45) is 0 Å². The van der Waals surface area contributed by atoms with Crippen LogP contribution in [0, 0.1) is 0 Å². The van der Waals surface area contributed by atoms with Crippen LogP contribution in [0.3, 0.4) is 0 Å². The Labute approximate surface area is 113 Å². The summed E-state index contributed by atoms with van der Waals surface area (Å²) in [6.45, 7) is 0.477. The third-order valence-corrected chi connectivity index (χ3v) is 4.20. The van der Waals surface area contributed by atoms with Gasteiger partial charge in [-0.3, -0.25) is 4.98 Å². The van der Waals surface area contributed by atoms with Crippen LogP contribution >= 0.6 is 22.9 Å². The molecule has 18 heavy (non-hydrogen) atoms. The molecule has 0 radical (unpaired) electrons. The lowest BCUT2D eigenvalue weighted by Gasteiger charge is -2.03. The van der Waals surface area contributed by atoms with Gasteiger partial charge in [0, 0.05) is 13.3 Å². The van der Waals surface area contributed by atoms with E-state index in [-0.39, 0.29) is 0 Å². The maximum atomic E-state index is 6.16. The molecule has 0 spiro atoms. The fourth-order valence-corrected chi connectivity index (χ4v) is 3.12. The third-order valence-electron chi connectivity index (χ3n) is 2.60. The molecule has 0 saturated carbocycles. The van der Waals surface area contributed by atoms with Crippen LogP contribution in [-0.4, -0.2) is 21.6 Å². The van der Waals surface area contributed by atoms with Gasteiger partial charge in [0.15, 0.2) is 0 Å². The van der Waals surface area contributed by atoms with Crippen molar-refractivity contribution in [1.82, 2.24) is 14.5 Å². The molecule has 3 aromatic rings. The normalized spacial score (nSPS) is 11.2. The average Bonchev–Trinajstić information content (AvgIpc) is 2.95. The minimum atomic E-state index is 0.477.